The van der Waals surface area contributed by atoms with E-state index in [2.05, 4.69) is 30.6 Å². The molecule has 0 N–H and O–H groups in total. The van der Waals surface area contributed by atoms with Crippen LogP contribution < -0.4 is 0 Å². The van der Waals surface area contributed by atoms with Gasteiger partial charge in [0, 0.05) is 14.2 Å². The second-order valence-corrected chi connectivity index (χ2v) is 12.1. The van der Waals surface area contributed by atoms with Crippen LogP contribution in [0.2, 0.25) is 0 Å². The molecule has 0 aliphatic heterocycles. The highest BCUT2D eigenvalue weighted by molar-refractivity contribution is 9.50. The van der Waals surface area contributed by atoms with Crippen molar-refractivity contribution in [3.63, 3.8) is 0 Å². The Morgan fingerprint density at radius 3 is 1.43 bits per heavy atom. The van der Waals surface area contributed by atoms with Gasteiger partial charge in [0.2, 0.25) is 0 Å². The Balaban J connectivity index is 3.36. The van der Waals surface area contributed by atoms with Crippen LogP contribution in [0.15, 0.2) is 0 Å². The zero-order valence-corrected chi connectivity index (χ0v) is 8.24. The number of hydrogen-bond donors (Lipinski definition) is 0. The van der Waals surface area contributed by atoms with Crippen LogP contribution >= 0.6 is 30.6 Å². The predicted octanol–water partition coefficient (Wildman–Crippen LogP) is 1.50. The standard InChI is InChI=1S/C2H6Br2O2Si/c1-5-7(3,4)6-2/h1-2H3. The molecule has 0 radical (unpaired) electrons. The zero-order chi connectivity index (χ0) is 5.91. The van der Waals surface area contributed by atoms with Crippen LogP contribution in [0.3, 0.4) is 0 Å². The molecule has 0 aliphatic carbocycles. The number of halogens is 2. The van der Waals surface area contributed by atoms with Crippen LogP contribution in [0.4, 0.5) is 0 Å². The second kappa shape index (κ2) is 3.19. The van der Waals surface area contributed by atoms with Crippen molar-refractivity contribution in [1.29, 1.82) is 0 Å². The first-order valence-corrected chi connectivity index (χ1v) is 7.93. The van der Waals surface area contributed by atoms with Gasteiger partial charge in [0.1, 0.15) is 0 Å². The Morgan fingerprint density at radius 2 is 1.43 bits per heavy atom. The average molecular weight is 250 g/mol. The molecule has 0 fully saturated rings. The Kier molecular flexibility index (Phi) is 3.69. The lowest BCUT2D eigenvalue weighted by Crippen LogP contribution is -2.23. The van der Waals surface area contributed by atoms with E-state index in [9.17, 15) is 0 Å². The summed E-state index contributed by atoms with van der Waals surface area (Å²) < 4.78 is 9.67. The van der Waals surface area contributed by atoms with Crippen molar-refractivity contribution < 1.29 is 8.85 Å². The molecule has 0 aromatic heterocycles. The first-order chi connectivity index (χ1) is 3.12. The van der Waals surface area contributed by atoms with Gasteiger partial charge in [-0.05, 0) is 30.6 Å². The maximum atomic E-state index is 4.84. The van der Waals surface area contributed by atoms with E-state index in [-0.39, 0.29) is 0 Å². The van der Waals surface area contributed by atoms with Gasteiger partial charge in [-0.15, -0.1) is 0 Å². The van der Waals surface area contributed by atoms with Gasteiger partial charge in [-0.2, -0.15) is 0 Å². The normalized spacial score (nSPS) is 12.0. The molecule has 0 saturated heterocycles. The lowest BCUT2D eigenvalue weighted by molar-refractivity contribution is 0.296. The molecule has 7 heavy (non-hydrogen) atoms. The maximum Gasteiger partial charge on any atom is 0.490 e. The van der Waals surface area contributed by atoms with Gasteiger partial charge in [-0.25, -0.2) is 0 Å². The van der Waals surface area contributed by atoms with Gasteiger partial charge in [0.05, 0.1) is 0 Å². The molecule has 0 rings (SSSR count). The fourth-order valence-electron chi connectivity index (χ4n) is 0.0833. The minimum Gasteiger partial charge on any atom is -0.382 e. The van der Waals surface area contributed by atoms with Gasteiger partial charge in [-0.1, -0.05) is 0 Å². The topological polar surface area (TPSA) is 18.5 Å². The van der Waals surface area contributed by atoms with Gasteiger partial charge in [0.15, 0.2) is 0 Å². The van der Waals surface area contributed by atoms with Crippen molar-refractivity contribution in [2.75, 3.05) is 14.2 Å². The van der Waals surface area contributed by atoms with E-state index in [0.717, 1.165) is 0 Å². The summed E-state index contributed by atoms with van der Waals surface area (Å²) in [5.41, 5.74) is 0. The highest BCUT2D eigenvalue weighted by Gasteiger charge is 2.27. The summed E-state index contributed by atoms with van der Waals surface area (Å²) in [4.78, 5) is 0. The highest BCUT2D eigenvalue weighted by Crippen LogP contribution is 2.19. The Bertz CT molecular complexity index is 51.7. The first kappa shape index (κ1) is 8.10. The van der Waals surface area contributed by atoms with Gasteiger partial charge >= 0.3 is 5.80 Å². The van der Waals surface area contributed by atoms with Crippen molar-refractivity contribution in [2.45, 2.75) is 0 Å². The van der Waals surface area contributed by atoms with E-state index in [0.29, 0.717) is 0 Å². The summed E-state index contributed by atoms with van der Waals surface area (Å²) in [7, 11) is 3.17. The minimum absolute atomic E-state index is 1.58. The SMILES string of the molecule is CO[Si](Br)(Br)OC. The molecule has 0 unspecified atom stereocenters. The van der Waals surface area contributed by atoms with Crippen molar-refractivity contribution >= 4 is 36.4 Å². The van der Waals surface area contributed by atoms with Crippen LogP contribution in [0, 0.1) is 0 Å². The summed E-state index contributed by atoms with van der Waals surface area (Å²) in [6.07, 6.45) is 0. The molecule has 0 aromatic carbocycles. The lowest BCUT2D eigenvalue weighted by atomic mass is 11.8. The average Bonchev–Trinajstić information content (AvgIpc) is 1.68. The summed E-state index contributed by atoms with van der Waals surface area (Å²) in [5.74, 6) is -2.03. The molecule has 44 valence electrons. The zero-order valence-electron chi connectivity index (χ0n) is 4.07. The monoisotopic (exact) mass is 248 g/mol. The molecule has 5 heteroatoms. The van der Waals surface area contributed by atoms with Gasteiger partial charge in [-0.3, -0.25) is 0 Å². The summed E-state index contributed by atoms with van der Waals surface area (Å²) in [5, 5.41) is 0. The predicted molar refractivity (Wildman–Crippen MR) is 37.6 cm³/mol. The third kappa shape index (κ3) is 3.66. The van der Waals surface area contributed by atoms with E-state index in [1.54, 1.807) is 14.2 Å². The molecule has 0 saturated carbocycles. The fourth-order valence-corrected chi connectivity index (χ4v) is 0.250. The number of hydrogen-bond acceptors (Lipinski definition) is 2. The van der Waals surface area contributed by atoms with Crippen molar-refractivity contribution in [3.8, 4) is 0 Å². The van der Waals surface area contributed by atoms with E-state index in [4.69, 9.17) is 8.85 Å². The van der Waals surface area contributed by atoms with Crippen molar-refractivity contribution in [2.24, 2.45) is 0 Å². The molecule has 0 amide bonds. The third-order valence-electron chi connectivity index (χ3n) is 0.475. The molecule has 0 spiro atoms. The van der Waals surface area contributed by atoms with E-state index in [1.165, 1.54) is 0 Å². The lowest BCUT2D eigenvalue weighted by Gasteiger charge is -2.09. The quantitative estimate of drug-likeness (QED) is 0.546. The molecule has 0 atom stereocenters. The fraction of sp³-hybridized carbons (Fsp3) is 1.00. The highest BCUT2D eigenvalue weighted by atomic mass is 79.9. The van der Waals surface area contributed by atoms with Crippen LogP contribution in [0.1, 0.15) is 0 Å². The molecule has 2 nitrogen and oxygen atoms in total. The smallest absolute Gasteiger partial charge is 0.382 e. The van der Waals surface area contributed by atoms with Crippen molar-refractivity contribution in [1.82, 2.24) is 0 Å². The molecular weight excluding hydrogens is 244 g/mol. The number of rotatable bonds is 2. The molecular formula is C2H6Br2O2Si. The maximum absolute atomic E-state index is 4.84. The van der Waals surface area contributed by atoms with Crippen molar-refractivity contribution in [3.05, 3.63) is 0 Å². The molecule has 0 aromatic rings. The Morgan fingerprint density at radius 1 is 1.14 bits per heavy atom. The van der Waals surface area contributed by atoms with Crippen LogP contribution in [0.5, 0.6) is 0 Å². The minimum atomic E-state index is -2.03. The van der Waals surface area contributed by atoms with E-state index in [1.807, 2.05) is 0 Å². The Labute approximate surface area is 59.6 Å². The van der Waals surface area contributed by atoms with Crippen LogP contribution in [-0.2, 0) is 8.85 Å². The van der Waals surface area contributed by atoms with Gasteiger partial charge < -0.3 is 8.85 Å². The summed E-state index contributed by atoms with van der Waals surface area (Å²) in [6, 6.07) is 0. The second-order valence-electron chi connectivity index (χ2n) is 0.872. The van der Waals surface area contributed by atoms with Crippen LogP contribution in [0.25, 0.3) is 0 Å². The molecule has 0 aliphatic rings. The summed E-state index contributed by atoms with van der Waals surface area (Å²) in [6.45, 7) is 0. The summed E-state index contributed by atoms with van der Waals surface area (Å²) >= 11 is 6.38. The third-order valence-corrected chi connectivity index (χ3v) is 5.31. The molecule has 0 bridgehead atoms. The van der Waals surface area contributed by atoms with E-state index >= 15 is 0 Å². The molecule has 0 heterocycles. The van der Waals surface area contributed by atoms with Gasteiger partial charge in [0.25, 0.3) is 0 Å². The first-order valence-electron chi connectivity index (χ1n) is 1.60. The Hall–Kier alpha value is 1.10. The largest absolute Gasteiger partial charge is 0.490 e. The van der Waals surface area contributed by atoms with Crippen LogP contribution in [-0.4, -0.2) is 20.0 Å². The van der Waals surface area contributed by atoms with E-state index < -0.39 is 5.80 Å².